The van der Waals surface area contributed by atoms with Gasteiger partial charge in [0.05, 0.1) is 13.3 Å². The summed E-state index contributed by atoms with van der Waals surface area (Å²) in [5.41, 5.74) is 7.96. The molecular weight excluding hydrogens is 248 g/mol. The number of methoxy groups -OCH3 is 1. The Hall–Kier alpha value is -1.09. The van der Waals surface area contributed by atoms with E-state index in [1.165, 1.54) is 19.3 Å². The summed E-state index contributed by atoms with van der Waals surface area (Å²) >= 11 is 0. The van der Waals surface area contributed by atoms with Crippen LogP contribution in [-0.4, -0.2) is 12.1 Å². The van der Waals surface area contributed by atoms with Crippen LogP contribution in [0, 0.1) is 11.3 Å². The van der Waals surface area contributed by atoms with E-state index in [4.69, 9.17) is 10.5 Å². The zero-order chi connectivity index (χ0) is 14.8. The van der Waals surface area contributed by atoms with E-state index in [1.54, 1.807) is 13.3 Å². The Labute approximate surface area is 122 Å². The zero-order valence-electron chi connectivity index (χ0n) is 13.3. The van der Waals surface area contributed by atoms with Crippen molar-refractivity contribution >= 4 is 0 Å². The predicted octanol–water partition coefficient (Wildman–Crippen LogP) is 3.87. The van der Waals surface area contributed by atoms with Crippen LogP contribution in [0.5, 0.6) is 5.75 Å². The van der Waals surface area contributed by atoms with E-state index in [-0.39, 0.29) is 5.54 Å². The van der Waals surface area contributed by atoms with Gasteiger partial charge in [0.15, 0.2) is 0 Å². The highest BCUT2D eigenvalue weighted by atomic mass is 16.5. The first-order valence-electron chi connectivity index (χ1n) is 7.63. The second-order valence-electron chi connectivity index (χ2n) is 7.26. The van der Waals surface area contributed by atoms with Crippen LogP contribution in [0.2, 0.25) is 0 Å². The Kier molecular flexibility index (Phi) is 4.38. The molecule has 3 nitrogen and oxygen atoms in total. The number of nitrogens with zero attached hydrogens (tertiary/aromatic N) is 1. The van der Waals surface area contributed by atoms with E-state index in [0.29, 0.717) is 5.41 Å². The monoisotopic (exact) mass is 276 g/mol. The molecule has 112 valence electrons. The number of hydrogen-bond acceptors (Lipinski definition) is 3. The standard InChI is InChI=1S/C17H28N2O/c1-16(2,3)13-6-5-8-17(18,9-7-13)14-10-15(20-4)12-19-11-14/h10-13H,5-9,18H2,1-4H3. The van der Waals surface area contributed by atoms with Crippen molar-refractivity contribution in [3.05, 3.63) is 24.0 Å². The largest absolute Gasteiger partial charge is 0.495 e. The van der Waals surface area contributed by atoms with E-state index in [9.17, 15) is 0 Å². The van der Waals surface area contributed by atoms with Crippen molar-refractivity contribution in [2.75, 3.05) is 7.11 Å². The quantitative estimate of drug-likeness (QED) is 0.834. The Morgan fingerprint density at radius 3 is 2.65 bits per heavy atom. The zero-order valence-corrected chi connectivity index (χ0v) is 13.3. The second kappa shape index (κ2) is 5.72. The van der Waals surface area contributed by atoms with E-state index in [0.717, 1.165) is 30.1 Å². The third-order valence-corrected chi connectivity index (χ3v) is 4.86. The third-order valence-electron chi connectivity index (χ3n) is 4.86. The second-order valence-corrected chi connectivity index (χ2v) is 7.26. The van der Waals surface area contributed by atoms with Gasteiger partial charge in [0.2, 0.25) is 0 Å². The van der Waals surface area contributed by atoms with E-state index < -0.39 is 0 Å². The maximum atomic E-state index is 6.71. The summed E-state index contributed by atoms with van der Waals surface area (Å²) in [5.74, 6) is 1.55. The van der Waals surface area contributed by atoms with E-state index >= 15 is 0 Å². The van der Waals surface area contributed by atoms with Gasteiger partial charge in [0.1, 0.15) is 5.75 Å². The molecule has 0 amide bonds. The average molecular weight is 276 g/mol. The smallest absolute Gasteiger partial charge is 0.137 e. The number of pyridine rings is 1. The molecular formula is C17H28N2O. The van der Waals surface area contributed by atoms with Crippen LogP contribution in [0.4, 0.5) is 0 Å². The first-order valence-corrected chi connectivity index (χ1v) is 7.63. The lowest BCUT2D eigenvalue weighted by Gasteiger charge is -2.31. The highest BCUT2D eigenvalue weighted by Gasteiger charge is 2.35. The lowest BCUT2D eigenvalue weighted by atomic mass is 9.76. The number of nitrogens with two attached hydrogens (primary N) is 1. The van der Waals surface area contributed by atoms with Gasteiger partial charge in [0, 0.05) is 11.7 Å². The number of rotatable bonds is 2. The van der Waals surface area contributed by atoms with Crippen molar-refractivity contribution in [2.45, 2.75) is 58.4 Å². The summed E-state index contributed by atoms with van der Waals surface area (Å²) in [6.45, 7) is 7.02. The molecule has 1 aliphatic rings. The summed E-state index contributed by atoms with van der Waals surface area (Å²) < 4.78 is 5.28. The summed E-state index contributed by atoms with van der Waals surface area (Å²) in [4.78, 5) is 4.27. The fraction of sp³-hybridized carbons (Fsp3) is 0.706. The molecule has 0 spiro atoms. The van der Waals surface area contributed by atoms with E-state index in [1.807, 2.05) is 12.3 Å². The summed E-state index contributed by atoms with van der Waals surface area (Å²) in [6.07, 6.45) is 9.37. The molecule has 0 bridgehead atoms. The topological polar surface area (TPSA) is 48.1 Å². The van der Waals surface area contributed by atoms with Gasteiger partial charge in [-0.05, 0) is 48.6 Å². The molecule has 3 heteroatoms. The molecule has 1 aromatic rings. The highest BCUT2D eigenvalue weighted by molar-refractivity contribution is 5.29. The van der Waals surface area contributed by atoms with Gasteiger partial charge in [-0.1, -0.05) is 27.2 Å². The molecule has 1 aliphatic carbocycles. The van der Waals surface area contributed by atoms with Gasteiger partial charge in [-0.25, -0.2) is 0 Å². The molecule has 0 saturated heterocycles. The van der Waals surface area contributed by atoms with E-state index in [2.05, 4.69) is 25.8 Å². The minimum absolute atomic E-state index is 0.248. The van der Waals surface area contributed by atoms with Crippen molar-refractivity contribution in [1.29, 1.82) is 0 Å². The molecule has 1 saturated carbocycles. The molecule has 2 N–H and O–H groups in total. The first-order chi connectivity index (χ1) is 9.35. The van der Waals surface area contributed by atoms with Crippen molar-refractivity contribution in [3.63, 3.8) is 0 Å². The molecule has 0 aliphatic heterocycles. The van der Waals surface area contributed by atoms with Gasteiger partial charge in [-0.3, -0.25) is 4.98 Å². The van der Waals surface area contributed by atoms with Crippen LogP contribution in [0.25, 0.3) is 0 Å². The number of aromatic nitrogens is 1. The van der Waals surface area contributed by atoms with Crippen molar-refractivity contribution in [1.82, 2.24) is 4.98 Å². The lowest BCUT2D eigenvalue weighted by Crippen LogP contribution is -2.36. The molecule has 1 heterocycles. The molecule has 2 atom stereocenters. The predicted molar refractivity (Wildman–Crippen MR) is 82.7 cm³/mol. The van der Waals surface area contributed by atoms with Crippen LogP contribution >= 0.6 is 0 Å². The third kappa shape index (κ3) is 3.32. The minimum Gasteiger partial charge on any atom is -0.495 e. The Balaban J connectivity index is 2.18. The van der Waals surface area contributed by atoms with Crippen LogP contribution in [0.1, 0.15) is 58.4 Å². The van der Waals surface area contributed by atoms with Gasteiger partial charge in [-0.2, -0.15) is 0 Å². The Morgan fingerprint density at radius 1 is 1.25 bits per heavy atom. The van der Waals surface area contributed by atoms with Crippen molar-refractivity contribution in [2.24, 2.45) is 17.1 Å². The number of hydrogen-bond donors (Lipinski definition) is 1. The van der Waals surface area contributed by atoms with Crippen LogP contribution in [0.15, 0.2) is 18.5 Å². The van der Waals surface area contributed by atoms with Crippen molar-refractivity contribution < 1.29 is 4.74 Å². The molecule has 20 heavy (non-hydrogen) atoms. The number of ether oxygens (including phenoxy) is 1. The van der Waals surface area contributed by atoms with Crippen LogP contribution in [-0.2, 0) is 5.54 Å². The maximum absolute atomic E-state index is 6.71. The molecule has 1 aromatic heterocycles. The molecule has 2 rings (SSSR count). The molecule has 1 fully saturated rings. The van der Waals surface area contributed by atoms with Gasteiger partial charge in [0.25, 0.3) is 0 Å². The minimum atomic E-state index is -0.248. The Morgan fingerprint density at radius 2 is 2.00 bits per heavy atom. The van der Waals surface area contributed by atoms with Crippen LogP contribution < -0.4 is 10.5 Å². The van der Waals surface area contributed by atoms with Gasteiger partial charge in [-0.15, -0.1) is 0 Å². The fourth-order valence-corrected chi connectivity index (χ4v) is 3.32. The average Bonchev–Trinajstić information content (AvgIpc) is 2.61. The summed E-state index contributed by atoms with van der Waals surface area (Å²) in [6, 6.07) is 2.05. The van der Waals surface area contributed by atoms with Gasteiger partial charge < -0.3 is 10.5 Å². The normalized spacial score (nSPS) is 27.9. The summed E-state index contributed by atoms with van der Waals surface area (Å²) in [5, 5.41) is 0. The molecule has 2 unspecified atom stereocenters. The first kappa shape index (κ1) is 15.3. The summed E-state index contributed by atoms with van der Waals surface area (Å²) in [7, 11) is 1.67. The maximum Gasteiger partial charge on any atom is 0.137 e. The molecule has 0 aromatic carbocycles. The van der Waals surface area contributed by atoms with Gasteiger partial charge >= 0.3 is 0 Å². The van der Waals surface area contributed by atoms with Crippen LogP contribution in [0.3, 0.4) is 0 Å². The fourth-order valence-electron chi connectivity index (χ4n) is 3.32. The SMILES string of the molecule is COc1cncc(C2(N)CCCC(C(C)(C)C)CC2)c1. The highest BCUT2D eigenvalue weighted by Crippen LogP contribution is 2.42. The lowest BCUT2D eigenvalue weighted by molar-refractivity contribution is 0.210. The van der Waals surface area contributed by atoms with Crippen molar-refractivity contribution in [3.8, 4) is 5.75 Å². The molecule has 0 radical (unpaired) electrons. The Bertz CT molecular complexity index is 453.